The summed E-state index contributed by atoms with van der Waals surface area (Å²) in [5.74, 6) is 0. The van der Waals surface area contributed by atoms with E-state index in [1.165, 1.54) is 0 Å². The maximum absolute atomic E-state index is 12.2. The van der Waals surface area contributed by atoms with Crippen molar-refractivity contribution in [3.8, 4) is 18.2 Å². The van der Waals surface area contributed by atoms with Crippen molar-refractivity contribution in [2.45, 2.75) is 52.7 Å². The molecule has 0 atom stereocenters. The Balaban J connectivity index is 0.000000253. The first-order valence-electron chi connectivity index (χ1n) is 22.2. The Kier molecular flexibility index (Phi) is 22.8. The van der Waals surface area contributed by atoms with Crippen LogP contribution in [0.1, 0.15) is 58.2 Å². The third kappa shape index (κ3) is 18.8. The van der Waals surface area contributed by atoms with E-state index in [4.69, 9.17) is 51.3 Å². The fraction of sp³-hybridized carbons (Fsp3) is 0.385. The van der Waals surface area contributed by atoms with Crippen LogP contribution in [0.25, 0.3) is 31.0 Å². The predicted molar refractivity (Wildman–Crippen MR) is 267 cm³/mol. The lowest BCUT2D eigenvalue weighted by atomic mass is 10.1. The number of nitrogens with zero attached hydrogens (tertiary/aromatic N) is 10. The Morgan fingerprint density at radius 2 is 0.797 bits per heavy atom. The van der Waals surface area contributed by atoms with Gasteiger partial charge in [-0.1, -0.05) is 103 Å². The minimum absolute atomic E-state index is 0.0666. The second kappa shape index (κ2) is 28.4. The van der Waals surface area contributed by atoms with Crippen LogP contribution in [-0.2, 0) is 9.47 Å². The molecule has 0 aromatic heterocycles. The molecule has 0 spiro atoms. The summed E-state index contributed by atoms with van der Waals surface area (Å²) in [5, 5.41) is 33.7. The molecule has 0 radical (unpaired) electrons. The van der Waals surface area contributed by atoms with E-state index in [9.17, 15) is 14.9 Å². The van der Waals surface area contributed by atoms with Crippen molar-refractivity contribution in [1.82, 2.24) is 30.2 Å². The summed E-state index contributed by atoms with van der Waals surface area (Å²) >= 11 is 5.82. The number of ether oxygens (including phenoxy) is 2. The van der Waals surface area contributed by atoms with Gasteiger partial charge >= 0.3 is 12.2 Å². The molecule has 2 N–H and O–H groups in total. The van der Waals surface area contributed by atoms with Crippen LogP contribution in [0, 0.1) is 53.7 Å². The molecule has 0 unspecified atom stereocenters. The molecule has 3 saturated heterocycles. The number of benzene rings is 3. The van der Waals surface area contributed by atoms with Gasteiger partial charge in [-0.25, -0.2) is 39.9 Å². The van der Waals surface area contributed by atoms with E-state index in [1.54, 1.807) is 40.1 Å². The molecular formula is C52H59ClN12O4. The molecule has 69 heavy (non-hydrogen) atoms. The van der Waals surface area contributed by atoms with Crippen molar-refractivity contribution in [2.24, 2.45) is 0 Å². The number of carbonyl (C=O) groups is 2. The second-order valence-corrected chi connectivity index (χ2v) is 17.6. The van der Waals surface area contributed by atoms with Crippen molar-refractivity contribution in [2.75, 3.05) is 78.5 Å². The van der Waals surface area contributed by atoms with Gasteiger partial charge in [-0.2, -0.15) is 0 Å². The van der Waals surface area contributed by atoms with Crippen molar-refractivity contribution in [1.29, 1.82) is 15.8 Å². The summed E-state index contributed by atoms with van der Waals surface area (Å²) < 4.78 is 10.6. The van der Waals surface area contributed by atoms with Gasteiger partial charge in [0.1, 0.15) is 11.2 Å². The highest BCUT2D eigenvalue weighted by Gasteiger charge is 2.28. The molecule has 17 heteroatoms. The van der Waals surface area contributed by atoms with Gasteiger partial charge in [0, 0.05) is 78.5 Å². The summed E-state index contributed by atoms with van der Waals surface area (Å²) in [7, 11) is 0. The van der Waals surface area contributed by atoms with Gasteiger partial charge in [-0.15, -0.1) is 0 Å². The van der Waals surface area contributed by atoms with Crippen LogP contribution >= 0.6 is 11.6 Å². The topological polar surface area (TPSA) is 174 Å². The lowest BCUT2D eigenvalue weighted by Gasteiger charge is -2.38. The van der Waals surface area contributed by atoms with Gasteiger partial charge in [0.25, 0.3) is 17.1 Å². The van der Waals surface area contributed by atoms with Gasteiger partial charge in [0.2, 0.25) is 0 Å². The molecule has 3 aliphatic heterocycles. The smallest absolute Gasteiger partial charge is 0.410 e. The number of allylic oxidation sites excluding steroid dienone is 3. The first-order chi connectivity index (χ1) is 33.0. The fourth-order valence-electron chi connectivity index (χ4n) is 6.74. The van der Waals surface area contributed by atoms with Crippen LogP contribution < -0.4 is 10.6 Å². The summed E-state index contributed by atoms with van der Waals surface area (Å²) in [6, 6.07) is 33.8. The number of halogens is 1. The summed E-state index contributed by atoms with van der Waals surface area (Å²) in [6.07, 6.45) is -0.530. The van der Waals surface area contributed by atoms with Crippen molar-refractivity contribution < 1.29 is 19.1 Å². The van der Waals surface area contributed by atoms with Crippen molar-refractivity contribution in [3.05, 3.63) is 159 Å². The van der Waals surface area contributed by atoms with Gasteiger partial charge in [0.15, 0.2) is 0 Å². The Morgan fingerprint density at radius 1 is 0.507 bits per heavy atom. The van der Waals surface area contributed by atoms with Crippen LogP contribution in [0.4, 0.5) is 9.59 Å². The number of hydrogen-bond acceptors (Lipinski definition) is 11. The Bertz CT molecular complexity index is 2460. The number of rotatable bonds is 5. The maximum Gasteiger partial charge on any atom is 0.410 e. The molecule has 3 heterocycles. The largest absolute Gasteiger partial charge is 0.444 e. The van der Waals surface area contributed by atoms with Gasteiger partial charge in [-0.3, -0.25) is 0 Å². The summed E-state index contributed by atoms with van der Waals surface area (Å²) in [5.41, 5.74) is 3.09. The minimum Gasteiger partial charge on any atom is -0.444 e. The standard InChI is InChI=1S/C19H22N4O2.C14H14N4.C10H5ClN2.C9H18N2O2/c1-19(2,3)25-18(24)23-12-10-22(11-13-23)17(16(14-20)21-4)15-8-6-5-7-9-15;1-16-13(11-15)14(12-5-3-2-4-6-12)18-9-7-17-8-10-18;1-13-9(7-12)10(11)8-5-3-2-4-6-8;1-9(2,3)13-8(12)11-6-4-10-5-7-11/h5-9H,10-13H2,1-3H3;2-6,17H,7-10H2;2-6H;10H,4-7H2,1-3H3/b17-16-;14-13-;10-9-;. The Morgan fingerprint density at radius 3 is 1.12 bits per heavy atom. The van der Waals surface area contributed by atoms with Crippen LogP contribution in [0.5, 0.6) is 0 Å². The summed E-state index contributed by atoms with van der Waals surface area (Å²) in [6.45, 7) is 41.0. The van der Waals surface area contributed by atoms with Crippen molar-refractivity contribution in [3.63, 3.8) is 0 Å². The minimum atomic E-state index is -0.526. The molecule has 0 bridgehead atoms. The second-order valence-electron chi connectivity index (χ2n) is 17.2. The zero-order chi connectivity index (χ0) is 50.8. The molecule has 6 rings (SSSR count). The number of piperazine rings is 3. The van der Waals surface area contributed by atoms with Gasteiger partial charge < -0.3 is 39.7 Å². The predicted octanol–water partition coefficient (Wildman–Crippen LogP) is 8.92. The van der Waals surface area contributed by atoms with Crippen molar-refractivity contribution >= 4 is 40.2 Å². The highest BCUT2D eigenvalue weighted by molar-refractivity contribution is 6.49. The molecule has 3 aliphatic rings. The number of nitrogens with one attached hydrogen (secondary N) is 2. The van der Waals surface area contributed by atoms with Crippen LogP contribution in [0.15, 0.2) is 108 Å². The SMILES string of the molecule is CC(C)(C)OC(=O)N1CCNCC1.[C-]#[N+]/C(C#N)=C(/c1ccccc1)N1CCN(C(=O)OC(C)(C)C)CC1.[C-]#[N+]/C(C#N)=C(/c1ccccc1)N1CCNCC1.[C-]#[N+]/C(C#N)=C(\Cl)c1ccccc1. The highest BCUT2D eigenvalue weighted by Crippen LogP contribution is 2.27. The van der Waals surface area contributed by atoms with E-state index < -0.39 is 5.60 Å². The third-order valence-electron chi connectivity index (χ3n) is 9.88. The van der Waals surface area contributed by atoms with E-state index in [1.807, 2.05) is 125 Å². The Hall–Kier alpha value is -7.83. The first-order valence-corrected chi connectivity index (χ1v) is 22.6. The molecule has 0 aliphatic carbocycles. The number of carbonyl (C=O) groups excluding carboxylic acids is 2. The first kappa shape index (κ1) is 55.5. The maximum atomic E-state index is 12.2. The Labute approximate surface area is 412 Å². The lowest BCUT2D eigenvalue weighted by Crippen LogP contribution is -2.49. The molecular weight excluding hydrogens is 892 g/mol. The highest BCUT2D eigenvalue weighted by atomic mass is 35.5. The quantitative estimate of drug-likeness (QED) is 0.185. The molecule has 16 nitrogen and oxygen atoms in total. The van der Waals surface area contributed by atoms with Crippen LogP contribution in [0.2, 0.25) is 0 Å². The molecule has 358 valence electrons. The molecule has 2 amide bonds. The molecule has 3 aromatic rings. The summed E-state index contributed by atoms with van der Waals surface area (Å²) in [4.78, 5) is 40.9. The van der Waals surface area contributed by atoms with E-state index in [0.29, 0.717) is 37.4 Å². The zero-order valence-corrected chi connectivity index (χ0v) is 40.9. The fourth-order valence-corrected chi connectivity index (χ4v) is 6.95. The number of hydrogen-bond donors (Lipinski definition) is 2. The monoisotopic (exact) mass is 950 g/mol. The van der Waals surface area contributed by atoms with E-state index in [2.05, 4.69) is 30.1 Å². The van der Waals surface area contributed by atoms with Gasteiger partial charge in [-0.05, 0) is 58.2 Å². The zero-order valence-electron chi connectivity index (χ0n) is 40.1. The molecule has 3 aromatic carbocycles. The third-order valence-corrected chi connectivity index (χ3v) is 10.3. The van der Waals surface area contributed by atoms with Crippen LogP contribution in [-0.4, -0.2) is 122 Å². The average molecular weight is 952 g/mol. The average Bonchev–Trinajstić information content (AvgIpc) is 3.36. The van der Waals surface area contributed by atoms with E-state index in [-0.39, 0.29) is 39.9 Å². The number of nitriles is 3. The molecule has 0 saturated carbocycles. The lowest BCUT2D eigenvalue weighted by molar-refractivity contribution is 0.0180. The van der Waals surface area contributed by atoms with E-state index >= 15 is 0 Å². The number of amides is 2. The van der Waals surface area contributed by atoms with Crippen LogP contribution in [0.3, 0.4) is 0 Å². The normalized spacial score (nSPS) is 15.6. The van der Waals surface area contributed by atoms with E-state index in [0.717, 1.165) is 69.2 Å². The molecule has 3 fully saturated rings. The van der Waals surface area contributed by atoms with Gasteiger partial charge in [0.05, 0.1) is 54.4 Å².